The van der Waals surface area contributed by atoms with E-state index in [1.165, 1.54) is 158 Å². The maximum Gasteiger partial charge on any atom is 0.267 e. The average molecular weight is 1730 g/mol. The van der Waals surface area contributed by atoms with Crippen molar-refractivity contribution in [3.8, 4) is 0 Å². The summed E-state index contributed by atoms with van der Waals surface area (Å²) in [4.78, 5) is 68.0. The Hall–Kier alpha value is -11.7. The van der Waals surface area contributed by atoms with Crippen LogP contribution in [0.3, 0.4) is 0 Å². The number of unbranched alkanes of at least 4 members (excludes halogenated alkanes) is 6. The van der Waals surface area contributed by atoms with Crippen molar-refractivity contribution in [2.45, 2.75) is 144 Å². The number of rotatable bonds is 51. The van der Waals surface area contributed by atoms with E-state index in [4.69, 9.17) is 35.0 Å². The van der Waals surface area contributed by atoms with E-state index >= 15 is 0 Å². The Morgan fingerprint density at radius 3 is 0.780 bits per heavy atom. The number of fused-ring (bicyclic) bond motifs is 4. The third-order valence-corrected chi connectivity index (χ3v) is 22.0. The zero-order chi connectivity index (χ0) is 89.7. The Morgan fingerprint density at radius 2 is 0.528 bits per heavy atom. The minimum atomic E-state index is -0.548. The number of hydrogen-bond acceptors (Lipinski definition) is 15. The minimum absolute atomic E-state index is 0.528. The summed E-state index contributed by atoms with van der Waals surface area (Å²) in [6, 6.07) is 66.4. The van der Waals surface area contributed by atoms with Crippen LogP contribution < -0.4 is 21.9 Å². The molecule has 0 unspecified atom stereocenters. The molecule has 0 aliphatic rings. The average Bonchev–Trinajstić information content (AvgIpc) is 1.71. The van der Waals surface area contributed by atoms with Gasteiger partial charge in [-0.3, -0.25) is 59.6 Å². The molecule has 12 aromatic rings. The second-order valence-electron chi connectivity index (χ2n) is 31.7. The van der Waals surface area contributed by atoms with Crippen molar-refractivity contribution < 1.29 is 54.2 Å². The molecule has 0 saturated carbocycles. The van der Waals surface area contributed by atoms with Gasteiger partial charge in [0.05, 0.1) is 26.4 Å². The van der Waals surface area contributed by atoms with Crippen molar-refractivity contribution in [1.82, 2.24) is 61.5 Å². The lowest BCUT2D eigenvalue weighted by Crippen LogP contribution is -2.29. The molecule has 127 heavy (non-hydrogen) atoms. The lowest BCUT2D eigenvalue weighted by Gasteiger charge is -2.22. The lowest BCUT2D eigenvalue weighted by molar-refractivity contribution is -0.124. The van der Waals surface area contributed by atoms with Gasteiger partial charge in [0.1, 0.15) is 0 Å². The normalized spacial score (nSPS) is 11.6. The number of aromatic amines is 4. The summed E-state index contributed by atoms with van der Waals surface area (Å²) in [6.07, 6.45) is 36.5. The number of carbonyl (C=O) groups excluding carboxylic acids is 4. The number of nitrogens with zero attached hydrogens (tertiary/aromatic N) is 4. The van der Waals surface area contributed by atoms with Crippen LogP contribution in [0.1, 0.15) is 159 Å². The second-order valence-corrected chi connectivity index (χ2v) is 31.7. The number of hydroxylamine groups is 4. The monoisotopic (exact) mass is 1730 g/mol. The van der Waals surface area contributed by atoms with Gasteiger partial charge in [-0.05, 0) is 180 Å². The fourth-order valence-electron chi connectivity index (χ4n) is 15.0. The number of H-pyrrole nitrogens is 4. The van der Waals surface area contributed by atoms with E-state index in [0.717, 1.165) is 165 Å². The first kappa shape index (κ1) is 99.1. The van der Waals surface area contributed by atoms with Gasteiger partial charge in [0.2, 0.25) is 0 Å². The van der Waals surface area contributed by atoms with Crippen LogP contribution in [0.15, 0.2) is 243 Å². The highest BCUT2D eigenvalue weighted by molar-refractivity contribution is 5.93. The van der Waals surface area contributed by atoms with Crippen LogP contribution in [0.5, 0.6) is 0 Å². The topological polar surface area (TPSA) is 301 Å². The van der Waals surface area contributed by atoms with Crippen LogP contribution in [0.4, 0.5) is 0 Å². The standard InChI is InChI=1S/C27H35N3O4.2C26H33N3O2.C25H31N3O3/c1-2-16-33-18-19-34-17-15-30(14-13-24-20-28-26-6-4-3-5-25(24)26)21-23-9-7-22(8-10-23)11-12-27(31)29-32;2*1-2-3-4-7-17-29(18-16-23-19-27-25-9-6-5-8-24(23)25)20-22-12-10-21(11-13-22)14-15-26(30)28-31;1-2-16-31-17-15-28(14-13-22-18-26-24-6-4-3-5-23(22)24)19-21-9-7-20(8-10-21)11-12-25(29)27-30/h3-12,20,28,32H,2,13-19,21H2,1H3,(H,29,31);2*5-6,8-15,19,27,31H,2-4,7,16-18,20H2,1H3,(H,28,30);3-12,18,26,30H,2,13-17,19H2,1H3,(H,27,29)/b12-11+;2*15-14+;12-11+. The van der Waals surface area contributed by atoms with E-state index in [1.54, 1.807) is 46.2 Å². The summed E-state index contributed by atoms with van der Waals surface area (Å²) in [7, 11) is 0. The molecule has 12 N–H and O–H groups in total. The Morgan fingerprint density at radius 1 is 0.283 bits per heavy atom. The first-order valence-corrected chi connectivity index (χ1v) is 44.9. The molecule has 0 fully saturated rings. The number of benzene rings is 8. The van der Waals surface area contributed by atoms with E-state index < -0.39 is 23.6 Å². The molecule has 0 saturated heterocycles. The highest BCUT2D eigenvalue weighted by Crippen LogP contribution is 2.25. The minimum Gasteiger partial charge on any atom is -0.380 e. The van der Waals surface area contributed by atoms with Crippen molar-refractivity contribution in [3.05, 3.63) is 310 Å². The molecule has 4 amide bonds. The number of nitrogens with one attached hydrogen (secondary N) is 8. The molecule has 0 bridgehead atoms. The Labute approximate surface area is 748 Å². The van der Waals surface area contributed by atoms with E-state index in [1.807, 2.05) is 54.6 Å². The molecule has 23 nitrogen and oxygen atoms in total. The molecule has 23 heteroatoms. The summed E-state index contributed by atoms with van der Waals surface area (Å²) in [5, 5.41) is 39.5. The summed E-state index contributed by atoms with van der Waals surface area (Å²) >= 11 is 0. The van der Waals surface area contributed by atoms with Crippen molar-refractivity contribution in [3.63, 3.8) is 0 Å². The van der Waals surface area contributed by atoms with Gasteiger partial charge in [0.15, 0.2) is 0 Å². The summed E-state index contributed by atoms with van der Waals surface area (Å²) < 4.78 is 17.0. The van der Waals surface area contributed by atoms with Gasteiger partial charge < -0.3 is 34.1 Å². The summed E-state index contributed by atoms with van der Waals surface area (Å²) in [5.41, 5.74) is 25.1. The van der Waals surface area contributed by atoms with Crippen molar-refractivity contribution >= 4 is 91.5 Å². The van der Waals surface area contributed by atoms with E-state index in [9.17, 15) is 19.2 Å². The summed E-state index contributed by atoms with van der Waals surface area (Å²) in [5.74, 6) is -2.15. The Kier molecular flexibility index (Phi) is 45.1. The van der Waals surface area contributed by atoms with E-state index in [-0.39, 0.29) is 0 Å². The molecule has 4 heterocycles. The molecule has 8 aromatic carbocycles. The Balaban J connectivity index is 0.000000191. The van der Waals surface area contributed by atoms with Crippen LogP contribution in [-0.4, -0.2) is 176 Å². The van der Waals surface area contributed by atoms with Gasteiger partial charge in [-0.1, -0.05) is 236 Å². The van der Waals surface area contributed by atoms with Crippen LogP contribution in [0, 0.1) is 0 Å². The van der Waals surface area contributed by atoms with Crippen LogP contribution in [-0.2, 0) is 85.3 Å². The van der Waals surface area contributed by atoms with Gasteiger partial charge in [-0.25, -0.2) is 21.9 Å². The first-order chi connectivity index (χ1) is 62.3. The highest BCUT2D eigenvalue weighted by Gasteiger charge is 2.16. The molecule has 0 radical (unpaired) electrons. The smallest absolute Gasteiger partial charge is 0.267 e. The number of ether oxygens (including phenoxy) is 3. The van der Waals surface area contributed by atoms with Crippen LogP contribution in [0.2, 0.25) is 0 Å². The van der Waals surface area contributed by atoms with Gasteiger partial charge in [0.25, 0.3) is 23.6 Å². The Bertz CT molecular complexity index is 4880. The fraction of sp³-hybridized carbons (Fsp3) is 0.346. The van der Waals surface area contributed by atoms with Gasteiger partial charge >= 0.3 is 0 Å². The molecular formula is C104H132N12O11. The predicted octanol–water partition coefficient (Wildman–Crippen LogP) is 19.0. The van der Waals surface area contributed by atoms with Crippen molar-refractivity contribution in [2.75, 3.05) is 92.0 Å². The first-order valence-electron chi connectivity index (χ1n) is 44.9. The van der Waals surface area contributed by atoms with Gasteiger partial charge in [-0.15, -0.1) is 0 Å². The quantitative estimate of drug-likeness (QED) is 0.00730. The van der Waals surface area contributed by atoms with Crippen LogP contribution >= 0.6 is 0 Å². The molecule has 0 aliphatic heterocycles. The van der Waals surface area contributed by atoms with Gasteiger partial charge in [-0.2, -0.15) is 0 Å². The number of aromatic nitrogens is 4. The number of hydrogen-bond donors (Lipinski definition) is 12. The second kappa shape index (κ2) is 57.8. The lowest BCUT2D eigenvalue weighted by atomic mass is 10.1. The van der Waals surface area contributed by atoms with Crippen LogP contribution in [0.25, 0.3) is 67.9 Å². The maximum atomic E-state index is 11.2. The van der Waals surface area contributed by atoms with E-state index in [0.29, 0.717) is 19.8 Å². The molecule has 12 rings (SSSR count). The predicted molar refractivity (Wildman–Crippen MR) is 512 cm³/mol. The number of para-hydroxylation sites is 4. The zero-order valence-corrected chi connectivity index (χ0v) is 74.5. The maximum absolute atomic E-state index is 11.2. The third-order valence-electron chi connectivity index (χ3n) is 22.0. The van der Waals surface area contributed by atoms with Gasteiger partial charge in [0, 0.05) is 171 Å². The summed E-state index contributed by atoms with van der Waals surface area (Å²) in [6.45, 7) is 24.1. The molecular weight excluding hydrogens is 1590 g/mol. The molecule has 0 spiro atoms. The number of carbonyl (C=O) groups is 4. The SMILES string of the molecule is CCCCCCN(CCc1c[nH]c2ccccc12)Cc1ccc(/C=C/C(=O)NO)cc1.CCCCCCN(CCc1c[nH]c2ccccc12)Cc1ccc(/C=C/C(=O)NO)cc1.CCCOCCN(CCc1c[nH]c2ccccc12)Cc1ccc(/C=C/C(=O)NO)cc1.CCCOCCOCCN(CCc1c[nH]c2ccccc12)Cc1ccc(/C=C/C(=O)NO)cc1. The molecule has 4 aromatic heterocycles. The third kappa shape index (κ3) is 36.3. The zero-order valence-electron chi connectivity index (χ0n) is 74.5. The van der Waals surface area contributed by atoms with E-state index in [2.05, 4.69) is 232 Å². The van der Waals surface area contributed by atoms with Crippen molar-refractivity contribution in [2.24, 2.45) is 0 Å². The number of amides is 4. The molecule has 674 valence electrons. The molecule has 0 atom stereocenters. The largest absolute Gasteiger partial charge is 0.380 e. The molecule has 0 aliphatic carbocycles. The fourth-order valence-corrected chi connectivity index (χ4v) is 15.0. The van der Waals surface area contributed by atoms with Crippen molar-refractivity contribution in [1.29, 1.82) is 0 Å². The highest BCUT2D eigenvalue weighted by atomic mass is 16.5.